The van der Waals surface area contributed by atoms with E-state index in [1.165, 1.54) is 17.8 Å². The molecule has 5 nitrogen and oxygen atoms in total. The molecule has 0 aromatic heterocycles. The predicted molar refractivity (Wildman–Crippen MR) is 97.5 cm³/mol. The SMILES string of the molecule is CCSC1=NN2[C@@H](c3ccccc3F)Nc3ccccc3[C@H]2C(=O)N1. The van der Waals surface area contributed by atoms with Crippen molar-refractivity contribution in [1.29, 1.82) is 0 Å². The Balaban J connectivity index is 1.86. The number of anilines is 1. The van der Waals surface area contributed by atoms with Crippen LogP contribution < -0.4 is 10.6 Å². The topological polar surface area (TPSA) is 56.7 Å². The Morgan fingerprint density at radius 2 is 1.88 bits per heavy atom. The summed E-state index contributed by atoms with van der Waals surface area (Å²) < 4.78 is 14.4. The van der Waals surface area contributed by atoms with Crippen molar-refractivity contribution < 1.29 is 9.18 Å². The number of nitrogens with one attached hydrogen (secondary N) is 2. The first-order chi connectivity index (χ1) is 12.2. The number of hydrogen-bond donors (Lipinski definition) is 2. The van der Waals surface area contributed by atoms with Crippen molar-refractivity contribution in [3.05, 3.63) is 65.5 Å². The van der Waals surface area contributed by atoms with E-state index in [1.54, 1.807) is 23.2 Å². The van der Waals surface area contributed by atoms with Gasteiger partial charge in [-0.25, -0.2) is 4.39 Å². The Labute approximate surface area is 149 Å². The molecule has 4 rings (SSSR count). The van der Waals surface area contributed by atoms with E-state index in [0.29, 0.717) is 10.7 Å². The lowest BCUT2D eigenvalue weighted by Crippen LogP contribution is -2.51. The van der Waals surface area contributed by atoms with Crippen LogP contribution in [-0.2, 0) is 4.79 Å². The summed E-state index contributed by atoms with van der Waals surface area (Å²) in [5.74, 6) is 0.302. The molecule has 0 saturated heterocycles. The lowest BCUT2D eigenvalue weighted by atomic mass is 9.97. The minimum absolute atomic E-state index is 0.152. The fourth-order valence-electron chi connectivity index (χ4n) is 3.17. The Kier molecular flexibility index (Phi) is 4.09. The smallest absolute Gasteiger partial charge is 0.255 e. The van der Waals surface area contributed by atoms with Crippen LogP contribution in [0.3, 0.4) is 0 Å². The fourth-order valence-corrected chi connectivity index (χ4v) is 3.77. The zero-order chi connectivity index (χ0) is 17.4. The molecule has 0 bridgehead atoms. The summed E-state index contributed by atoms with van der Waals surface area (Å²) in [7, 11) is 0. The van der Waals surface area contributed by atoms with Crippen LogP contribution in [0.2, 0.25) is 0 Å². The van der Waals surface area contributed by atoms with E-state index in [2.05, 4.69) is 15.7 Å². The number of carbonyl (C=O) groups excluding carboxylic acids is 1. The minimum Gasteiger partial charge on any atom is -0.360 e. The fraction of sp³-hybridized carbons (Fsp3) is 0.222. The van der Waals surface area contributed by atoms with E-state index in [-0.39, 0.29) is 11.7 Å². The molecule has 2 N–H and O–H groups in total. The average molecular weight is 356 g/mol. The Morgan fingerprint density at radius 3 is 2.64 bits per heavy atom. The molecule has 0 radical (unpaired) electrons. The van der Waals surface area contributed by atoms with Gasteiger partial charge in [0.2, 0.25) is 0 Å². The molecule has 0 saturated carbocycles. The molecule has 1 amide bonds. The van der Waals surface area contributed by atoms with Crippen molar-refractivity contribution in [1.82, 2.24) is 10.3 Å². The first kappa shape index (κ1) is 16.0. The predicted octanol–water partition coefficient (Wildman–Crippen LogP) is 3.45. The van der Waals surface area contributed by atoms with E-state index in [4.69, 9.17) is 0 Å². The summed E-state index contributed by atoms with van der Waals surface area (Å²) in [6, 6.07) is 13.5. The molecule has 0 aliphatic carbocycles. The van der Waals surface area contributed by atoms with Crippen LogP contribution in [0.25, 0.3) is 0 Å². The zero-order valence-electron chi connectivity index (χ0n) is 13.6. The van der Waals surface area contributed by atoms with Gasteiger partial charge >= 0.3 is 0 Å². The highest BCUT2D eigenvalue weighted by molar-refractivity contribution is 8.13. The van der Waals surface area contributed by atoms with Gasteiger partial charge in [-0.2, -0.15) is 0 Å². The van der Waals surface area contributed by atoms with Crippen molar-refractivity contribution in [2.45, 2.75) is 19.1 Å². The van der Waals surface area contributed by atoms with Crippen LogP contribution in [-0.4, -0.2) is 21.8 Å². The van der Waals surface area contributed by atoms with Crippen molar-refractivity contribution >= 4 is 28.5 Å². The van der Waals surface area contributed by atoms with Gasteiger partial charge in [0.05, 0.1) is 0 Å². The van der Waals surface area contributed by atoms with E-state index in [0.717, 1.165) is 17.0 Å². The van der Waals surface area contributed by atoms with E-state index >= 15 is 0 Å². The van der Waals surface area contributed by atoms with Gasteiger partial charge in [-0.15, -0.1) is 5.10 Å². The number of thioether (sulfide) groups is 1. The molecule has 128 valence electrons. The molecule has 2 heterocycles. The molecule has 2 atom stereocenters. The number of amides is 1. The molecule has 0 unspecified atom stereocenters. The first-order valence-electron chi connectivity index (χ1n) is 8.09. The number of para-hydroxylation sites is 1. The largest absolute Gasteiger partial charge is 0.360 e. The monoisotopic (exact) mass is 356 g/mol. The van der Waals surface area contributed by atoms with Gasteiger partial charge in [0, 0.05) is 16.8 Å². The second kappa shape index (κ2) is 6.40. The maximum Gasteiger partial charge on any atom is 0.255 e. The van der Waals surface area contributed by atoms with Gasteiger partial charge in [0.25, 0.3) is 5.91 Å². The highest BCUT2D eigenvalue weighted by Crippen LogP contribution is 2.42. The molecule has 2 aliphatic heterocycles. The first-order valence-corrected chi connectivity index (χ1v) is 9.08. The normalized spacial score (nSPS) is 21.6. The van der Waals surface area contributed by atoms with Gasteiger partial charge in [-0.05, 0) is 17.9 Å². The van der Waals surface area contributed by atoms with Gasteiger partial charge in [0.15, 0.2) is 11.2 Å². The van der Waals surface area contributed by atoms with Crippen LogP contribution in [0.5, 0.6) is 0 Å². The number of nitrogens with zero attached hydrogens (tertiary/aromatic N) is 2. The van der Waals surface area contributed by atoms with Gasteiger partial charge in [-0.3, -0.25) is 9.80 Å². The number of fused-ring (bicyclic) bond motifs is 3. The molecule has 25 heavy (non-hydrogen) atoms. The summed E-state index contributed by atoms with van der Waals surface area (Å²) in [5, 5.41) is 13.0. The maximum absolute atomic E-state index is 14.4. The van der Waals surface area contributed by atoms with Gasteiger partial charge in [-0.1, -0.05) is 55.1 Å². The third-order valence-electron chi connectivity index (χ3n) is 4.24. The highest BCUT2D eigenvalue weighted by Gasteiger charge is 2.42. The van der Waals surface area contributed by atoms with Crippen molar-refractivity contribution in [2.75, 3.05) is 11.1 Å². The number of hydrazone groups is 1. The third kappa shape index (κ3) is 2.74. The number of carbonyl (C=O) groups is 1. The van der Waals surface area contributed by atoms with Crippen LogP contribution in [0.15, 0.2) is 53.6 Å². The lowest BCUT2D eigenvalue weighted by Gasteiger charge is -2.43. The van der Waals surface area contributed by atoms with Crippen LogP contribution in [0.1, 0.15) is 30.3 Å². The molecule has 7 heteroatoms. The third-order valence-corrected chi connectivity index (χ3v) is 4.99. The zero-order valence-corrected chi connectivity index (χ0v) is 14.4. The Bertz CT molecular complexity index is 856. The minimum atomic E-state index is -0.594. The Morgan fingerprint density at radius 1 is 1.16 bits per heavy atom. The van der Waals surface area contributed by atoms with Gasteiger partial charge in [0.1, 0.15) is 12.0 Å². The average Bonchev–Trinajstić information content (AvgIpc) is 2.61. The molecule has 2 aromatic rings. The number of rotatable bonds is 2. The number of halogens is 1. The quantitative estimate of drug-likeness (QED) is 0.865. The van der Waals surface area contributed by atoms with E-state index in [9.17, 15) is 9.18 Å². The summed E-state index contributed by atoms with van der Waals surface area (Å²) in [6.07, 6.45) is -0.556. The maximum atomic E-state index is 14.4. The summed E-state index contributed by atoms with van der Waals surface area (Å²) >= 11 is 1.45. The molecule has 0 spiro atoms. The van der Waals surface area contributed by atoms with Crippen LogP contribution in [0, 0.1) is 5.82 Å². The highest BCUT2D eigenvalue weighted by atomic mass is 32.2. The van der Waals surface area contributed by atoms with E-state index < -0.39 is 12.2 Å². The lowest BCUT2D eigenvalue weighted by molar-refractivity contribution is -0.127. The standard InChI is InChI=1S/C18H17FN4OS/c1-2-25-18-21-17(24)15-12-8-4-6-10-14(12)20-16(23(15)22-18)11-7-3-5-9-13(11)19/h3-10,15-16,20H,2H2,1H3,(H,21,22,24)/t15-,16-/m0/s1. The summed E-state index contributed by atoms with van der Waals surface area (Å²) in [5.41, 5.74) is 2.10. The second-order valence-corrected chi connectivity index (χ2v) is 7.02. The number of amidine groups is 1. The molecule has 2 aliphatic rings. The van der Waals surface area contributed by atoms with Crippen molar-refractivity contribution in [2.24, 2.45) is 5.10 Å². The molecule has 0 fully saturated rings. The van der Waals surface area contributed by atoms with Crippen LogP contribution >= 0.6 is 11.8 Å². The second-order valence-electron chi connectivity index (χ2n) is 5.77. The number of benzene rings is 2. The van der Waals surface area contributed by atoms with Gasteiger partial charge < -0.3 is 10.6 Å². The van der Waals surface area contributed by atoms with Crippen LogP contribution in [0.4, 0.5) is 10.1 Å². The Hall–Kier alpha value is -2.54. The molecular formula is C18H17FN4OS. The van der Waals surface area contributed by atoms with Crippen molar-refractivity contribution in [3.8, 4) is 0 Å². The van der Waals surface area contributed by atoms with Crippen molar-refractivity contribution in [3.63, 3.8) is 0 Å². The summed E-state index contributed by atoms with van der Waals surface area (Å²) in [4.78, 5) is 12.8. The number of hydrogen-bond acceptors (Lipinski definition) is 5. The molecular weight excluding hydrogens is 339 g/mol. The van der Waals surface area contributed by atoms with E-state index in [1.807, 2.05) is 31.2 Å². The summed E-state index contributed by atoms with van der Waals surface area (Å²) in [6.45, 7) is 1.99. The molecule has 2 aromatic carbocycles.